The zero-order valence-electron chi connectivity index (χ0n) is 16.7. The quantitative estimate of drug-likeness (QED) is 0.588. The molecule has 1 fully saturated rings. The number of benzene rings is 1. The average Bonchev–Trinajstić information content (AvgIpc) is 2.69. The van der Waals surface area contributed by atoms with Gasteiger partial charge in [-0.1, -0.05) is 24.3 Å². The van der Waals surface area contributed by atoms with Crippen molar-refractivity contribution in [2.24, 2.45) is 5.92 Å². The van der Waals surface area contributed by atoms with Crippen LogP contribution in [-0.4, -0.2) is 60.8 Å². The molecule has 4 nitrogen and oxygen atoms in total. The maximum atomic E-state index is 5.85. The maximum Gasteiger partial charge on any atom is 0.173 e. The first-order valence-corrected chi connectivity index (χ1v) is 10.6. The van der Waals surface area contributed by atoms with E-state index >= 15 is 0 Å². The zero-order valence-corrected chi connectivity index (χ0v) is 17.6. The number of ether oxygens (including phenoxy) is 1. The standard InChI is InChI=1S/C22H33N3OS/c1-18-8-9-19(2)21(16-18)23-22(27)25(17-20-6-4-3-5-7-20)11-10-24-12-14-26-15-13-24/h3-4,8-9,16,20H,5-7,10-15,17H2,1-2H3,(H,23,27)/t20-/m0/s1. The third kappa shape index (κ3) is 6.30. The summed E-state index contributed by atoms with van der Waals surface area (Å²) in [5.74, 6) is 0.693. The molecule has 0 spiro atoms. The van der Waals surface area contributed by atoms with Crippen molar-refractivity contribution in [2.45, 2.75) is 33.1 Å². The number of nitrogens with zero attached hydrogens (tertiary/aromatic N) is 2. The Kier molecular flexibility index (Phi) is 7.68. The molecule has 3 rings (SSSR count). The molecule has 1 aliphatic carbocycles. The van der Waals surface area contributed by atoms with Crippen LogP contribution in [0, 0.1) is 19.8 Å². The summed E-state index contributed by atoms with van der Waals surface area (Å²) < 4.78 is 5.48. The number of allylic oxidation sites excluding steroid dienone is 2. The molecule has 0 unspecified atom stereocenters. The van der Waals surface area contributed by atoms with Crippen molar-refractivity contribution in [1.82, 2.24) is 9.80 Å². The fourth-order valence-corrected chi connectivity index (χ4v) is 4.04. The van der Waals surface area contributed by atoms with Gasteiger partial charge >= 0.3 is 0 Å². The summed E-state index contributed by atoms with van der Waals surface area (Å²) in [6.07, 6.45) is 8.26. The molecule has 2 aliphatic rings. The minimum absolute atomic E-state index is 0.693. The summed E-state index contributed by atoms with van der Waals surface area (Å²) in [4.78, 5) is 4.87. The molecule has 148 valence electrons. The van der Waals surface area contributed by atoms with Gasteiger partial charge in [0.2, 0.25) is 0 Å². The molecule has 1 saturated heterocycles. The first kappa shape index (κ1) is 20.3. The van der Waals surface area contributed by atoms with Crippen LogP contribution in [-0.2, 0) is 4.74 Å². The molecule has 0 aromatic heterocycles. The molecule has 0 radical (unpaired) electrons. The summed E-state index contributed by atoms with van der Waals surface area (Å²) in [6, 6.07) is 6.49. The van der Waals surface area contributed by atoms with Crippen LogP contribution >= 0.6 is 12.2 Å². The number of rotatable bonds is 6. The molecule has 0 saturated carbocycles. The number of thiocarbonyl (C=S) groups is 1. The van der Waals surface area contributed by atoms with Crippen molar-refractivity contribution >= 4 is 23.0 Å². The summed E-state index contributed by atoms with van der Waals surface area (Å²) in [5, 5.41) is 4.38. The van der Waals surface area contributed by atoms with E-state index in [2.05, 4.69) is 59.3 Å². The van der Waals surface area contributed by atoms with Crippen LogP contribution in [0.15, 0.2) is 30.4 Å². The third-order valence-electron chi connectivity index (χ3n) is 5.57. The lowest BCUT2D eigenvalue weighted by Gasteiger charge is -2.34. The molecular formula is C22H33N3OS. The van der Waals surface area contributed by atoms with Crippen molar-refractivity contribution in [2.75, 3.05) is 51.3 Å². The first-order valence-electron chi connectivity index (χ1n) is 10.2. The van der Waals surface area contributed by atoms with E-state index in [4.69, 9.17) is 17.0 Å². The maximum absolute atomic E-state index is 5.85. The van der Waals surface area contributed by atoms with Gasteiger partial charge in [-0.3, -0.25) is 4.90 Å². The van der Waals surface area contributed by atoms with Gasteiger partial charge < -0.3 is 15.0 Å². The van der Waals surface area contributed by atoms with Crippen LogP contribution in [0.5, 0.6) is 0 Å². The second kappa shape index (κ2) is 10.2. The highest BCUT2D eigenvalue weighted by atomic mass is 32.1. The Hall–Kier alpha value is -1.43. The topological polar surface area (TPSA) is 27.7 Å². The molecule has 5 heteroatoms. The van der Waals surface area contributed by atoms with Crippen molar-refractivity contribution in [1.29, 1.82) is 0 Å². The van der Waals surface area contributed by atoms with E-state index < -0.39 is 0 Å². The normalized spacial score (nSPS) is 20.4. The fraction of sp³-hybridized carbons (Fsp3) is 0.591. The Labute approximate surface area is 169 Å². The van der Waals surface area contributed by atoms with E-state index in [1.807, 2.05) is 0 Å². The van der Waals surface area contributed by atoms with Crippen molar-refractivity contribution < 1.29 is 4.74 Å². The number of nitrogens with one attached hydrogen (secondary N) is 1. The lowest BCUT2D eigenvalue weighted by Crippen LogP contribution is -2.45. The number of aryl methyl sites for hydroxylation is 2. The molecule has 1 aromatic rings. The number of hydrogen-bond acceptors (Lipinski definition) is 3. The smallest absolute Gasteiger partial charge is 0.173 e. The van der Waals surface area contributed by atoms with Crippen LogP contribution in [0.25, 0.3) is 0 Å². The van der Waals surface area contributed by atoms with Gasteiger partial charge in [-0.05, 0) is 68.4 Å². The van der Waals surface area contributed by atoms with Gasteiger partial charge in [-0.25, -0.2) is 0 Å². The van der Waals surface area contributed by atoms with Gasteiger partial charge in [0.15, 0.2) is 5.11 Å². The van der Waals surface area contributed by atoms with E-state index in [-0.39, 0.29) is 0 Å². The highest BCUT2D eigenvalue weighted by molar-refractivity contribution is 7.80. The lowest BCUT2D eigenvalue weighted by molar-refractivity contribution is 0.0356. The highest BCUT2D eigenvalue weighted by Gasteiger charge is 2.19. The minimum atomic E-state index is 0.693. The van der Waals surface area contributed by atoms with Gasteiger partial charge in [0.25, 0.3) is 0 Å². The second-order valence-electron chi connectivity index (χ2n) is 7.80. The van der Waals surface area contributed by atoms with Crippen molar-refractivity contribution in [3.8, 4) is 0 Å². The Morgan fingerprint density at radius 1 is 1.26 bits per heavy atom. The average molecular weight is 388 g/mol. The van der Waals surface area contributed by atoms with Gasteiger partial charge in [0.05, 0.1) is 13.2 Å². The van der Waals surface area contributed by atoms with E-state index in [0.717, 1.165) is 56.7 Å². The van der Waals surface area contributed by atoms with E-state index in [9.17, 15) is 0 Å². The molecule has 1 aliphatic heterocycles. The summed E-state index contributed by atoms with van der Waals surface area (Å²) in [6.45, 7) is 11.0. The molecule has 1 atom stereocenters. The van der Waals surface area contributed by atoms with Gasteiger partial charge in [0.1, 0.15) is 0 Å². The van der Waals surface area contributed by atoms with E-state index in [1.54, 1.807) is 0 Å². The molecule has 0 bridgehead atoms. The van der Waals surface area contributed by atoms with E-state index in [0.29, 0.717) is 5.92 Å². The minimum Gasteiger partial charge on any atom is -0.379 e. The van der Waals surface area contributed by atoms with Gasteiger partial charge in [-0.15, -0.1) is 0 Å². The Balaban J connectivity index is 1.63. The van der Waals surface area contributed by atoms with Crippen molar-refractivity contribution in [3.63, 3.8) is 0 Å². The second-order valence-corrected chi connectivity index (χ2v) is 8.19. The van der Waals surface area contributed by atoms with Crippen LogP contribution in [0.3, 0.4) is 0 Å². The first-order chi connectivity index (χ1) is 13.1. The number of anilines is 1. The van der Waals surface area contributed by atoms with Crippen LogP contribution in [0.1, 0.15) is 30.4 Å². The monoisotopic (exact) mass is 387 g/mol. The van der Waals surface area contributed by atoms with Crippen LogP contribution in [0.4, 0.5) is 5.69 Å². The summed E-state index contributed by atoms with van der Waals surface area (Å²) >= 11 is 5.85. The van der Waals surface area contributed by atoms with Gasteiger partial charge in [-0.2, -0.15) is 0 Å². The largest absolute Gasteiger partial charge is 0.379 e. The van der Waals surface area contributed by atoms with Gasteiger partial charge in [0, 0.05) is 38.4 Å². The summed E-state index contributed by atoms with van der Waals surface area (Å²) in [5.41, 5.74) is 3.61. The fourth-order valence-electron chi connectivity index (χ4n) is 3.76. The zero-order chi connectivity index (χ0) is 19.1. The molecule has 1 heterocycles. The Bertz CT molecular complexity index is 655. The Morgan fingerprint density at radius 3 is 2.81 bits per heavy atom. The molecule has 1 N–H and O–H groups in total. The lowest BCUT2D eigenvalue weighted by atomic mass is 9.94. The van der Waals surface area contributed by atoms with E-state index in [1.165, 1.54) is 30.4 Å². The Morgan fingerprint density at radius 2 is 2.07 bits per heavy atom. The predicted octanol–water partition coefficient (Wildman–Crippen LogP) is 3.99. The molecule has 0 amide bonds. The SMILES string of the molecule is Cc1ccc(C)c(NC(=S)N(CCN2CCOCC2)C[C@H]2CC=CCC2)c1. The number of morpholine rings is 1. The summed E-state index contributed by atoms with van der Waals surface area (Å²) in [7, 11) is 0. The number of hydrogen-bond donors (Lipinski definition) is 1. The highest BCUT2D eigenvalue weighted by Crippen LogP contribution is 2.21. The molecular weight excluding hydrogens is 354 g/mol. The van der Waals surface area contributed by atoms with Crippen molar-refractivity contribution in [3.05, 3.63) is 41.5 Å². The predicted molar refractivity (Wildman–Crippen MR) is 117 cm³/mol. The van der Waals surface area contributed by atoms with Crippen LogP contribution < -0.4 is 5.32 Å². The molecule has 1 aromatic carbocycles. The molecule has 27 heavy (non-hydrogen) atoms. The van der Waals surface area contributed by atoms with Crippen LogP contribution in [0.2, 0.25) is 0 Å². The third-order valence-corrected chi connectivity index (χ3v) is 5.93.